The Balaban J connectivity index is 2.05. The minimum Gasteiger partial charge on any atom is -0.543 e. The van der Waals surface area contributed by atoms with Crippen molar-refractivity contribution in [2.24, 2.45) is 5.73 Å². The van der Waals surface area contributed by atoms with E-state index in [2.05, 4.69) is 22.2 Å². The molecule has 1 aromatic carbocycles. The van der Waals surface area contributed by atoms with Crippen molar-refractivity contribution in [2.45, 2.75) is 19.5 Å². The molecule has 0 aliphatic heterocycles. The second kappa shape index (κ2) is 6.98. The fourth-order valence-electron chi connectivity index (χ4n) is 1.85. The molecule has 2 atom stereocenters. The van der Waals surface area contributed by atoms with Crippen molar-refractivity contribution in [3.05, 3.63) is 59.8 Å². The third-order valence-corrected chi connectivity index (χ3v) is 4.22. The first kappa shape index (κ1) is 14.4. The van der Waals surface area contributed by atoms with Gasteiger partial charge in [0.1, 0.15) is 12.1 Å². The van der Waals surface area contributed by atoms with Crippen molar-refractivity contribution in [1.29, 1.82) is 0 Å². The van der Waals surface area contributed by atoms with Gasteiger partial charge in [0.25, 0.3) is 9.04 Å². The van der Waals surface area contributed by atoms with Crippen molar-refractivity contribution in [1.82, 2.24) is 9.97 Å². The van der Waals surface area contributed by atoms with Crippen LogP contribution in [0.3, 0.4) is 0 Å². The molecule has 0 spiro atoms. The van der Waals surface area contributed by atoms with Crippen LogP contribution in [0.2, 0.25) is 6.55 Å². The quantitative estimate of drug-likeness (QED) is 0.857. The van der Waals surface area contributed by atoms with Gasteiger partial charge in [-0.25, -0.2) is 9.97 Å². The van der Waals surface area contributed by atoms with Crippen LogP contribution in [-0.4, -0.2) is 19.0 Å². The Labute approximate surface area is 121 Å². The molecule has 0 bridgehead atoms. The van der Waals surface area contributed by atoms with Crippen molar-refractivity contribution in [2.75, 3.05) is 0 Å². The third-order valence-electron chi connectivity index (χ3n) is 2.86. The first-order chi connectivity index (χ1) is 9.66. The van der Waals surface area contributed by atoms with Crippen LogP contribution in [0.15, 0.2) is 48.7 Å². The molecule has 0 aliphatic rings. The zero-order valence-electron chi connectivity index (χ0n) is 11.7. The van der Waals surface area contributed by atoms with Gasteiger partial charge in [0.2, 0.25) is 0 Å². The zero-order chi connectivity index (χ0) is 14.4. The molecule has 1 heterocycles. The molecule has 1 aromatic heterocycles. The number of nitrogens with two attached hydrogens (primary N) is 1. The summed E-state index contributed by atoms with van der Waals surface area (Å²) >= 11 is 0. The first-order valence-corrected chi connectivity index (χ1v) is 8.90. The van der Waals surface area contributed by atoms with Crippen LogP contribution < -0.4 is 10.2 Å². The van der Waals surface area contributed by atoms with Crippen molar-refractivity contribution < 1.29 is 4.43 Å². The standard InChI is InChI=1S/C15H19N3OSi/c1-12(16)14-5-3-4-6-15(14)19-20(2)8-7-13-9-17-11-18-10-13/h3-12,20H,16H2,1-2H3/b8-7+. The summed E-state index contributed by atoms with van der Waals surface area (Å²) in [6.07, 6.45) is 7.08. The molecule has 0 fully saturated rings. The SMILES string of the molecule is CC(N)c1ccccc1O[SiH](C)/C=C/c1cncnc1. The lowest BCUT2D eigenvalue weighted by molar-refractivity contribution is 0.567. The van der Waals surface area contributed by atoms with Gasteiger partial charge in [-0.05, 0) is 19.5 Å². The lowest BCUT2D eigenvalue weighted by Crippen LogP contribution is -2.17. The molecular formula is C15H19N3OSi. The maximum atomic E-state index is 6.06. The van der Waals surface area contributed by atoms with Gasteiger partial charge in [-0.2, -0.15) is 0 Å². The van der Waals surface area contributed by atoms with Crippen LogP contribution in [0.1, 0.15) is 24.1 Å². The monoisotopic (exact) mass is 285 g/mol. The van der Waals surface area contributed by atoms with Crippen LogP contribution in [-0.2, 0) is 0 Å². The molecule has 2 N–H and O–H groups in total. The summed E-state index contributed by atoms with van der Waals surface area (Å²) in [5.74, 6) is 0.885. The van der Waals surface area contributed by atoms with Gasteiger partial charge in [-0.15, -0.1) is 0 Å². The van der Waals surface area contributed by atoms with E-state index >= 15 is 0 Å². The van der Waals surface area contributed by atoms with Gasteiger partial charge in [0.05, 0.1) is 0 Å². The molecule has 2 rings (SSSR count). The minimum atomic E-state index is -1.46. The normalized spacial score (nSPS) is 14.2. The van der Waals surface area contributed by atoms with Gasteiger partial charge in [0, 0.05) is 29.6 Å². The molecule has 104 valence electrons. The highest BCUT2D eigenvalue weighted by Crippen LogP contribution is 2.23. The van der Waals surface area contributed by atoms with E-state index < -0.39 is 9.04 Å². The van der Waals surface area contributed by atoms with Crippen molar-refractivity contribution in [3.63, 3.8) is 0 Å². The van der Waals surface area contributed by atoms with Crippen molar-refractivity contribution in [3.8, 4) is 5.75 Å². The number of hydrogen-bond donors (Lipinski definition) is 1. The summed E-state index contributed by atoms with van der Waals surface area (Å²) in [7, 11) is -1.46. The molecule has 20 heavy (non-hydrogen) atoms. The summed E-state index contributed by atoms with van der Waals surface area (Å²) in [5, 5.41) is 0. The van der Waals surface area contributed by atoms with E-state index in [0.717, 1.165) is 16.9 Å². The van der Waals surface area contributed by atoms with Crippen LogP contribution in [0.25, 0.3) is 6.08 Å². The maximum absolute atomic E-state index is 6.06. The summed E-state index contributed by atoms with van der Waals surface area (Å²) in [6, 6.07) is 7.91. The summed E-state index contributed by atoms with van der Waals surface area (Å²) in [5.41, 5.74) is 10.1. The van der Waals surface area contributed by atoms with Gasteiger partial charge in [-0.1, -0.05) is 30.0 Å². The Morgan fingerprint density at radius 3 is 2.65 bits per heavy atom. The largest absolute Gasteiger partial charge is 0.543 e. The van der Waals surface area contributed by atoms with Gasteiger partial charge < -0.3 is 10.2 Å². The number of para-hydroxylation sites is 1. The number of hydrogen-bond acceptors (Lipinski definition) is 4. The van der Waals surface area contributed by atoms with E-state index in [4.69, 9.17) is 10.2 Å². The fraction of sp³-hybridized carbons (Fsp3) is 0.200. The van der Waals surface area contributed by atoms with E-state index in [9.17, 15) is 0 Å². The Bertz CT molecular complexity index is 572. The molecule has 0 amide bonds. The first-order valence-electron chi connectivity index (χ1n) is 6.61. The average Bonchev–Trinajstić information content (AvgIpc) is 2.46. The molecular weight excluding hydrogens is 266 g/mol. The van der Waals surface area contributed by atoms with Gasteiger partial charge in [-0.3, -0.25) is 0 Å². The van der Waals surface area contributed by atoms with E-state index in [-0.39, 0.29) is 6.04 Å². The second-order valence-corrected chi connectivity index (χ2v) is 6.71. The minimum absolute atomic E-state index is 0.0288. The zero-order valence-corrected chi connectivity index (χ0v) is 12.9. The number of benzene rings is 1. The van der Waals surface area contributed by atoms with Crippen LogP contribution in [0.5, 0.6) is 5.75 Å². The van der Waals surface area contributed by atoms with E-state index in [1.54, 1.807) is 12.4 Å². The van der Waals surface area contributed by atoms with Gasteiger partial charge in [0.15, 0.2) is 0 Å². The molecule has 0 saturated carbocycles. The summed E-state index contributed by atoms with van der Waals surface area (Å²) in [4.78, 5) is 7.96. The number of nitrogens with zero attached hydrogens (tertiary/aromatic N) is 2. The molecule has 0 aliphatic carbocycles. The topological polar surface area (TPSA) is 61.0 Å². The Kier molecular flexibility index (Phi) is 5.03. The molecule has 2 unspecified atom stereocenters. The second-order valence-electron chi connectivity index (χ2n) is 4.68. The Morgan fingerprint density at radius 1 is 1.25 bits per heavy atom. The number of aromatic nitrogens is 2. The Morgan fingerprint density at radius 2 is 1.95 bits per heavy atom. The maximum Gasteiger partial charge on any atom is 0.257 e. The van der Waals surface area contributed by atoms with E-state index in [0.29, 0.717) is 0 Å². The van der Waals surface area contributed by atoms with Crippen LogP contribution in [0, 0.1) is 0 Å². The predicted octanol–water partition coefficient (Wildman–Crippen LogP) is 2.48. The molecule has 4 nitrogen and oxygen atoms in total. The number of rotatable bonds is 5. The highest BCUT2D eigenvalue weighted by molar-refractivity contribution is 6.57. The van der Waals surface area contributed by atoms with Gasteiger partial charge >= 0.3 is 0 Å². The predicted molar refractivity (Wildman–Crippen MR) is 83.8 cm³/mol. The highest BCUT2D eigenvalue weighted by atomic mass is 28.3. The molecule has 2 aromatic rings. The lowest BCUT2D eigenvalue weighted by Gasteiger charge is -2.16. The highest BCUT2D eigenvalue weighted by Gasteiger charge is 2.09. The molecule has 0 saturated heterocycles. The van der Waals surface area contributed by atoms with E-state index in [1.165, 1.54) is 6.33 Å². The van der Waals surface area contributed by atoms with Crippen LogP contribution >= 0.6 is 0 Å². The molecule has 5 heteroatoms. The fourth-order valence-corrected chi connectivity index (χ4v) is 3.03. The lowest BCUT2D eigenvalue weighted by atomic mass is 10.1. The smallest absolute Gasteiger partial charge is 0.257 e. The Hall–Kier alpha value is -1.98. The summed E-state index contributed by atoms with van der Waals surface area (Å²) < 4.78 is 6.06. The molecule has 0 radical (unpaired) electrons. The average molecular weight is 285 g/mol. The third kappa shape index (κ3) is 4.01. The van der Waals surface area contributed by atoms with Crippen LogP contribution in [0.4, 0.5) is 0 Å². The summed E-state index contributed by atoms with van der Waals surface area (Å²) in [6.45, 7) is 4.09. The van der Waals surface area contributed by atoms with Crippen molar-refractivity contribution >= 4 is 15.1 Å². The van der Waals surface area contributed by atoms with E-state index in [1.807, 2.05) is 37.3 Å².